The lowest BCUT2D eigenvalue weighted by atomic mass is 9.88. The van der Waals surface area contributed by atoms with Gasteiger partial charge in [0.15, 0.2) is 0 Å². The normalized spacial score (nSPS) is 17.4. The molecular weight excluding hydrogens is 274 g/mol. The number of carbonyl (C=O) groups excluding carboxylic acids is 1. The molecule has 3 rings (SSSR count). The number of hydrogen-bond acceptors (Lipinski definition) is 3. The maximum Gasteiger partial charge on any atom is 0.272 e. The van der Waals surface area contributed by atoms with Crippen LogP contribution in [0.15, 0.2) is 36.7 Å². The first kappa shape index (κ1) is 13.1. The molecule has 20 heavy (non-hydrogen) atoms. The van der Waals surface area contributed by atoms with Gasteiger partial charge in [-0.15, -0.1) is 0 Å². The Balaban J connectivity index is 1.81. The third-order valence-corrected chi connectivity index (χ3v) is 3.69. The summed E-state index contributed by atoms with van der Waals surface area (Å²) < 4.78 is 0. The van der Waals surface area contributed by atoms with Crippen LogP contribution in [0.1, 0.15) is 40.5 Å². The van der Waals surface area contributed by atoms with Gasteiger partial charge in [0.05, 0.1) is 18.4 Å². The van der Waals surface area contributed by atoms with Gasteiger partial charge in [0, 0.05) is 0 Å². The lowest BCUT2D eigenvalue weighted by molar-refractivity contribution is 0.0927. The summed E-state index contributed by atoms with van der Waals surface area (Å²) in [6.07, 6.45) is 5.92. The van der Waals surface area contributed by atoms with E-state index in [-0.39, 0.29) is 22.8 Å². The fraction of sp³-hybridized carbons (Fsp3) is 0.267. The molecule has 0 bridgehead atoms. The highest BCUT2D eigenvalue weighted by Crippen LogP contribution is 2.29. The number of carbonyl (C=O) groups is 1. The highest BCUT2D eigenvalue weighted by molar-refractivity contribution is 6.29. The molecule has 1 amide bonds. The van der Waals surface area contributed by atoms with Crippen molar-refractivity contribution in [2.45, 2.75) is 25.3 Å². The van der Waals surface area contributed by atoms with Crippen LogP contribution >= 0.6 is 11.6 Å². The third kappa shape index (κ3) is 2.65. The van der Waals surface area contributed by atoms with Crippen LogP contribution in [0.3, 0.4) is 0 Å². The van der Waals surface area contributed by atoms with Gasteiger partial charge in [-0.2, -0.15) is 0 Å². The van der Waals surface area contributed by atoms with Crippen LogP contribution < -0.4 is 5.32 Å². The zero-order valence-corrected chi connectivity index (χ0v) is 11.6. The first-order valence-electron chi connectivity index (χ1n) is 6.60. The fourth-order valence-electron chi connectivity index (χ4n) is 2.59. The molecule has 1 aromatic carbocycles. The molecule has 1 aliphatic rings. The van der Waals surface area contributed by atoms with Gasteiger partial charge >= 0.3 is 0 Å². The van der Waals surface area contributed by atoms with Crippen molar-refractivity contribution in [2.75, 3.05) is 0 Å². The molecule has 4 nitrogen and oxygen atoms in total. The topological polar surface area (TPSA) is 54.9 Å². The Morgan fingerprint density at radius 2 is 2.15 bits per heavy atom. The van der Waals surface area contributed by atoms with E-state index in [0.717, 1.165) is 19.3 Å². The highest BCUT2D eigenvalue weighted by Gasteiger charge is 2.22. The quantitative estimate of drug-likeness (QED) is 0.924. The average Bonchev–Trinajstić information content (AvgIpc) is 2.47. The van der Waals surface area contributed by atoms with Crippen LogP contribution in [0.4, 0.5) is 0 Å². The summed E-state index contributed by atoms with van der Waals surface area (Å²) in [6, 6.07) is 8.26. The molecule has 1 heterocycles. The van der Waals surface area contributed by atoms with Gasteiger partial charge in [-0.1, -0.05) is 35.9 Å². The van der Waals surface area contributed by atoms with Crippen LogP contribution in [0, 0.1) is 0 Å². The Kier molecular flexibility index (Phi) is 3.65. The van der Waals surface area contributed by atoms with Crippen molar-refractivity contribution in [2.24, 2.45) is 0 Å². The van der Waals surface area contributed by atoms with Crippen LogP contribution in [0.5, 0.6) is 0 Å². The summed E-state index contributed by atoms with van der Waals surface area (Å²) in [4.78, 5) is 20.1. The molecule has 2 aromatic rings. The summed E-state index contributed by atoms with van der Waals surface area (Å²) in [5.41, 5.74) is 2.75. The predicted octanol–water partition coefficient (Wildman–Crippen LogP) is 2.94. The van der Waals surface area contributed by atoms with Crippen molar-refractivity contribution in [1.29, 1.82) is 0 Å². The van der Waals surface area contributed by atoms with E-state index in [1.54, 1.807) is 0 Å². The predicted molar refractivity (Wildman–Crippen MR) is 76.6 cm³/mol. The molecule has 5 heteroatoms. The molecule has 0 saturated heterocycles. The number of nitrogens with one attached hydrogen (secondary N) is 1. The van der Waals surface area contributed by atoms with Crippen molar-refractivity contribution in [3.05, 3.63) is 58.6 Å². The van der Waals surface area contributed by atoms with Crippen LogP contribution in [0.25, 0.3) is 0 Å². The van der Waals surface area contributed by atoms with E-state index in [1.807, 2.05) is 12.1 Å². The molecule has 1 unspecified atom stereocenters. The number of hydrogen-bond donors (Lipinski definition) is 1. The van der Waals surface area contributed by atoms with Crippen molar-refractivity contribution < 1.29 is 4.79 Å². The van der Waals surface area contributed by atoms with E-state index in [9.17, 15) is 4.79 Å². The van der Waals surface area contributed by atoms with Crippen LogP contribution in [-0.2, 0) is 6.42 Å². The Hall–Kier alpha value is -1.94. The van der Waals surface area contributed by atoms with Crippen molar-refractivity contribution in [1.82, 2.24) is 15.3 Å². The first-order chi connectivity index (χ1) is 9.74. The van der Waals surface area contributed by atoms with Crippen molar-refractivity contribution in [3.63, 3.8) is 0 Å². The van der Waals surface area contributed by atoms with E-state index in [0.29, 0.717) is 0 Å². The Labute approximate surface area is 122 Å². The van der Waals surface area contributed by atoms with Crippen molar-refractivity contribution >= 4 is 17.5 Å². The molecule has 1 N–H and O–H groups in total. The number of benzene rings is 1. The number of nitrogens with zero attached hydrogens (tertiary/aromatic N) is 2. The summed E-state index contributed by atoms with van der Waals surface area (Å²) in [5.74, 6) is -0.235. The molecule has 0 fully saturated rings. The Morgan fingerprint density at radius 3 is 3.00 bits per heavy atom. The number of halogens is 1. The second-order valence-corrected chi connectivity index (χ2v) is 5.23. The van der Waals surface area contributed by atoms with Gasteiger partial charge < -0.3 is 5.32 Å². The van der Waals surface area contributed by atoms with E-state index in [1.165, 1.54) is 23.5 Å². The highest BCUT2D eigenvalue weighted by atomic mass is 35.5. The first-order valence-corrected chi connectivity index (χ1v) is 6.98. The molecule has 1 aliphatic carbocycles. The second kappa shape index (κ2) is 5.59. The van der Waals surface area contributed by atoms with Gasteiger partial charge in [-0.3, -0.25) is 9.78 Å². The van der Waals surface area contributed by atoms with E-state index < -0.39 is 0 Å². The number of aromatic nitrogens is 2. The number of aryl methyl sites for hydroxylation is 1. The standard InChI is InChI=1S/C15H14ClN3O/c16-14-9-17-8-13(18-14)15(20)19-12-7-3-5-10-4-1-2-6-11(10)12/h1-2,4,6,8-9,12H,3,5,7H2,(H,19,20). The zero-order valence-electron chi connectivity index (χ0n) is 10.8. The summed E-state index contributed by atoms with van der Waals surface area (Å²) >= 11 is 5.76. The molecule has 0 radical (unpaired) electrons. The Bertz CT molecular complexity index is 645. The molecule has 1 aromatic heterocycles. The number of fused-ring (bicyclic) bond motifs is 1. The largest absolute Gasteiger partial charge is 0.344 e. The lowest BCUT2D eigenvalue weighted by Gasteiger charge is -2.26. The monoisotopic (exact) mass is 287 g/mol. The minimum Gasteiger partial charge on any atom is -0.344 e. The molecule has 1 atom stereocenters. The lowest BCUT2D eigenvalue weighted by Crippen LogP contribution is -2.31. The maximum absolute atomic E-state index is 12.2. The van der Waals surface area contributed by atoms with Crippen LogP contribution in [0.2, 0.25) is 5.15 Å². The smallest absolute Gasteiger partial charge is 0.272 e. The molecule has 0 aliphatic heterocycles. The van der Waals surface area contributed by atoms with Gasteiger partial charge in [0.1, 0.15) is 10.8 Å². The van der Waals surface area contributed by atoms with Crippen LogP contribution in [-0.4, -0.2) is 15.9 Å². The maximum atomic E-state index is 12.2. The summed E-state index contributed by atoms with van der Waals surface area (Å²) in [5, 5.41) is 3.24. The van der Waals surface area contributed by atoms with E-state index in [4.69, 9.17) is 11.6 Å². The van der Waals surface area contributed by atoms with Gasteiger partial charge in [0.2, 0.25) is 0 Å². The molecule has 102 valence electrons. The zero-order chi connectivity index (χ0) is 13.9. The third-order valence-electron chi connectivity index (χ3n) is 3.51. The number of amides is 1. The minimum absolute atomic E-state index is 0.0354. The van der Waals surface area contributed by atoms with Gasteiger partial charge in [-0.25, -0.2) is 4.98 Å². The summed E-state index contributed by atoms with van der Waals surface area (Å²) in [6.45, 7) is 0. The second-order valence-electron chi connectivity index (χ2n) is 4.84. The average molecular weight is 288 g/mol. The Morgan fingerprint density at radius 1 is 1.30 bits per heavy atom. The molecule has 0 saturated carbocycles. The van der Waals surface area contributed by atoms with Gasteiger partial charge in [-0.05, 0) is 30.4 Å². The molecule has 0 spiro atoms. The minimum atomic E-state index is -0.235. The fourth-order valence-corrected chi connectivity index (χ4v) is 2.74. The van der Waals surface area contributed by atoms with E-state index >= 15 is 0 Å². The van der Waals surface area contributed by atoms with Gasteiger partial charge in [0.25, 0.3) is 5.91 Å². The number of rotatable bonds is 2. The molecular formula is C15H14ClN3O. The van der Waals surface area contributed by atoms with E-state index in [2.05, 4.69) is 27.4 Å². The summed E-state index contributed by atoms with van der Waals surface area (Å²) in [7, 11) is 0. The van der Waals surface area contributed by atoms with Crippen molar-refractivity contribution in [3.8, 4) is 0 Å². The SMILES string of the molecule is O=C(NC1CCCc2ccccc21)c1cncc(Cl)n1.